The number of nitrogens with two attached hydrogens (primary N) is 1. The van der Waals surface area contributed by atoms with Gasteiger partial charge in [0.2, 0.25) is 5.91 Å². The third-order valence-electron chi connectivity index (χ3n) is 3.73. The third kappa shape index (κ3) is 2.99. The first-order valence-electron chi connectivity index (χ1n) is 6.67. The maximum atomic E-state index is 12.5. The number of benzene rings is 2. The van der Waals surface area contributed by atoms with E-state index in [9.17, 15) is 4.79 Å². The topological polar surface area (TPSA) is 55.1 Å². The predicted octanol–water partition coefficient (Wildman–Crippen LogP) is 4.15. The number of nitrogen functional groups attached to an aromatic ring is 1. The molecule has 0 saturated carbocycles. The Labute approximate surface area is 140 Å². The highest BCUT2D eigenvalue weighted by Gasteiger charge is 2.27. The van der Waals surface area contributed by atoms with E-state index in [1.165, 1.54) is 11.1 Å². The summed E-state index contributed by atoms with van der Waals surface area (Å²) in [4.78, 5) is 12.5. The molecular formula is C16H14Br2N2O. The lowest BCUT2D eigenvalue weighted by Crippen LogP contribution is -2.23. The van der Waals surface area contributed by atoms with Crippen LogP contribution in [0.1, 0.15) is 11.1 Å². The van der Waals surface area contributed by atoms with Gasteiger partial charge in [-0.15, -0.1) is 0 Å². The highest BCUT2D eigenvalue weighted by atomic mass is 79.9. The van der Waals surface area contributed by atoms with Crippen molar-refractivity contribution in [3.63, 3.8) is 0 Å². The van der Waals surface area contributed by atoms with E-state index in [2.05, 4.69) is 49.3 Å². The van der Waals surface area contributed by atoms with Gasteiger partial charge in [-0.25, -0.2) is 0 Å². The fourth-order valence-electron chi connectivity index (χ4n) is 2.68. The van der Waals surface area contributed by atoms with E-state index in [1.807, 2.05) is 12.1 Å². The molecule has 0 radical (unpaired) electrons. The molecule has 3 N–H and O–H groups in total. The zero-order valence-electron chi connectivity index (χ0n) is 11.2. The van der Waals surface area contributed by atoms with E-state index in [-0.39, 0.29) is 11.8 Å². The van der Waals surface area contributed by atoms with Crippen LogP contribution in [0.25, 0.3) is 0 Å². The van der Waals surface area contributed by atoms with Gasteiger partial charge in [0, 0.05) is 20.6 Å². The molecule has 21 heavy (non-hydrogen) atoms. The van der Waals surface area contributed by atoms with Crippen LogP contribution in [0.2, 0.25) is 0 Å². The van der Waals surface area contributed by atoms with E-state index in [1.54, 1.807) is 12.1 Å². The van der Waals surface area contributed by atoms with Gasteiger partial charge in [0.1, 0.15) is 0 Å². The standard InChI is InChI=1S/C16H14Br2N2O/c17-13-7-12(19)8-14(18)15(13)20-16(21)11-5-9-3-1-2-4-10(9)6-11/h1-4,7-8,11H,5-6,19H2,(H,20,21). The maximum absolute atomic E-state index is 12.5. The first-order valence-corrected chi connectivity index (χ1v) is 8.25. The molecular weight excluding hydrogens is 396 g/mol. The molecule has 1 amide bonds. The second-order valence-electron chi connectivity index (χ2n) is 5.22. The Hall–Kier alpha value is -1.33. The first-order chi connectivity index (χ1) is 10.0. The molecule has 5 heteroatoms. The number of hydrogen-bond acceptors (Lipinski definition) is 2. The summed E-state index contributed by atoms with van der Waals surface area (Å²) in [5.41, 5.74) is 9.67. The fraction of sp³-hybridized carbons (Fsp3) is 0.188. The van der Waals surface area contributed by atoms with Gasteiger partial charge >= 0.3 is 0 Å². The zero-order valence-corrected chi connectivity index (χ0v) is 14.4. The lowest BCUT2D eigenvalue weighted by Gasteiger charge is -2.14. The van der Waals surface area contributed by atoms with E-state index >= 15 is 0 Å². The summed E-state index contributed by atoms with van der Waals surface area (Å²) in [7, 11) is 0. The molecule has 0 fully saturated rings. The average molecular weight is 410 g/mol. The van der Waals surface area contributed by atoms with Crippen LogP contribution in [-0.4, -0.2) is 5.91 Å². The molecule has 1 aliphatic carbocycles. The predicted molar refractivity (Wildman–Crippen MR) is 92.2 cm³/mol. The van der Waals surface area contributed by atoms with Gasteiger partial charge in [-0.05, 0) is 68.0 Å². The number of fused-ring (bicyclic) bond motifs is 1. The van der Waals surface area contributed by atoms with Gasteiger partial charge in [0.05, 0.1) is 5.69 Å². The minimum Gasteiger partial charge on any atom is -0.399 e. The molecule has 0 aliphatic heterocycles. The van der Waals surface area contributed by atoms with Gasteiger partial charge in [0.25, 0.3) is 0 Å². The number of anilines is 2. The molecule has 108 valence electrons. The Morgan fingerprint density at radius 1 is 1.10 bits per heavy atom. The maximum Gasteiger partial charge on any atom is 0.228 e. The van der Waals surface area contributed by atoms with E-state index in [4.69, 9.17) is 5.73 Å². The van der Waals surface area contributed by atoms with Gasteiger partial charge in [-0.3, -0.25) is 4.79 Å². The van der Waals surface area contributed by atoms with Crippen LogP contribution in [0, 0.1) is 5.92 Å². The fourth-order valence-corrected chi connectivity index (χ4v) is 4.10. The van der Waals surface area contributed by atoms with Crippen LogP contribution in [0.4, 0.5) is 11.4 Å². The number of amides is 1. The van der Waals surface area contributed by atoms with E-state index < -0.39 is 0 Å². The summed E-state index contributed by atoms with van der Waals surface area (Å²) < 4.78 is 1.55. The van der Waals surface area contributed by atoms with Crippen molar-refractivity contribution in [2.75, 3.05) is 11.1 Å². The summed E-state index contributed by atoms with van der Waals surface area (Å²) in [6.07, 6.45) is 1.60. The van der Waals surface area contributed by atoms with Crippen molar-refractivity contribution in [2.24, 2.45) is 5.92 Å². The lowest BCUT2D eigenvalue weighted by atomic mass is 10.1. The van der Waals surface area contributed by atoms with Crippen molar-refractivity contribution in [2.45, 2.75) is 12.8 Å². The normalized spacial score (nSPS) is 14.0. The Morgan fingerprint density at radius 2 is 1.62 bits per heavy atom. The minimum absolute atomic E-state index is 0.0150. The summed E-state index contributed by atoms with van der Waals surface area (Å²) >= 11 is 6.88. The van der Waals surface area contributed by atoms with Gasteiger partial charge in [-0.2, -0.15) is 0 Å². The molecule has 3 rings (SSSR count). The number of carbonyl (C=O) groups is 1. The number of carbonyl (C=O) groups excluding carboxylic acids is 1. The quantitative estimate of drug-likeness (QED) is 0.732. The van der Waals surface area contributed by atoms with Crippen molar-refractivity contribution < 1.29 is 4.79 Å². The molecule has 0 saturated heterocycles. The average Bonchev–Trinajstić information content (AvgIpc) is 2.86. The first kappa shape index (κ1) is 14.6. The summed E-state index contributed by atoms with van der Waals surface area (Å²) in [6, 6.07) is 11.8. The Bertz CT molecular complexity index is 667. The van der Waals surface area contributed by atoms with Crippen LogP contribution in [0.5, 0.6) is 0 Å². The van der Waals surface area contributed by atoms with E-state index in [0.717, 1.165) is 27.5 Å². The zero-order chi connectivity index (χ0) is 15.0. The minimum atomic E-state index is -0.0150. The summed E-state index contributed by atoms with van der Waals surface area (Å²) in [6.45, 7) is 0. The van der Waals surface area contributed by atoms with Crippen LogP contribution in [-0.2, 0) is 17.6 Å². The van der Waals surface area contributed by atoms with Crippen molar-refractivity contribution in [1.82, 2.24) is 0 Å². The van der Waals surface area contributed by atoms with Crippen molar-refractivity contribution >= 4 is 49.1 Å². The van der Waals surface area contributed by atoms with Gasteiger partial charge in [-0.1, -0.05) is 24.3 Å². The highest BCUT2D eigenvalue weighted by molar-refractivity contribution is 9.11. The summed E-state index contributed by atoms with van der Waals surface area (Å²) in [5.74, 6) is 0.0242. The third-order valence-corrected chi connectivity index (χ3v) is 4.99. The Kier molecular flexibility index (Phi) is 4.04. The van der Waals surface area contributed by atoms with Crippen LogP contribution < -0.4 is 11.1 Å². The van der Waals surface area contributed by atoms with Crippen LogP contribution in [0.15, 0.2) is 45.3 Å². The molecule has 0 aromatic heterocycles. The lowest BCUT2D eigenvalue weighted by molar-refractivity contribution is -0.119. The second-order valence-corrected chi connectivity index (χ2v) is 6.93. The Morgan fingerprint density at radius 3 is 2.14 bits per heavy atom. The van der Waals surface area contributed by atoms with Crippen LogP contribution >= 0.6 is 31.9 Å². The second kappa shape index (κ2) is 5.81. The molecule has 3 nitrogen and oxygen atoms in total. The SMILES string of the molecule is Nc1cc(Br)c(NC(=O)C2Cc3ccccc3C2)c(Br)c1. The van der Waals surface area contributed by atoms with Crippen LogP contribution in [0.3, 0.4) is 0 Å². The molecule has 0 unspecified atom stereocenters. The smallest absolute Gasteiger partial charge is 0.228 e. The van der Waals surface area contributed by atoms with Crippen molar-refractivity contribution in [1.29, 1.82) is 0 Å². The number of rotatable bonds is 2. The number of halogens is 2. The molecule has 0 spiro atoms. The number of nitrogens with one attached hydrogen (secondary N) is 1. The molecule has 0 bridgehead atoms. The van der Waals surface area contributed by atoms with Crippen molar-refractivity contribution in [3.05, 3.63) is 56.5 Å². The molecule has 0 atom stereocenters. The largest absolute Gasteiger partial charge is 0.399 e. The van der Waals surface area contributed by atoms with Crippen molar-refractivity contribution in [3.8, 4) is 0 Å². The molecule has 2 aromatic rings. The Balaban J connectivity index is 1.77. The molecule has 0 heterocycles. The summed E-state index contributed by atoms with van der Waals surface area (Å²) in [5, 5.41) is 2.99. The molecule has 2 aromatic carbocycles. The highest BCUT2D eigenvalue weighted by Crippen LogP contribution is 2.35. The van der Waals surface area contributed by atoms with Gasteiger partial charge < -0.3 is 11.1 Å². The monoisotopic (exact) mass is 408 g/mol. The number of hydrogen-bond donors (Lipinski definition) is 2. The van der Waals surface area contributed by atoms with Gasteiger partial charge in [0.15, 0.2) is 0 Å². The molecule has 1 aliphatic rings. The van der Waals surface area contributed by atoms with E-state index in [0.29, 0.717) is 5.69 Å².